The monoisotopic (exact) mass is 317 g/mol. The smallest absolute Gasteiger partial charge is 0.307 e. The molecule has 1 saturated heterocycles. The van der Waals surface area contributed by atoms with Gasteiger partial charge in [0, 0.05) is 43.0 Å². The van der Waals surface area contributed by atoms with Crippen molar-refractivity contribution in [1.29, 1.82) is 0 Å². The molecule has 6 heteroatoms. The summed E-state index contributed by atoms with van der Waals surface area (Å²) in [6.07, 6.45) is 5.93. The maximum atomic E-state index is 12.5. The molecule has 2 aromatic heterocycles. The fourth-order valence-electron chi connectivity index (χ4n) is 3.02. The fourth-order valence-corrected chi connectivity index (χ4v) is 3.78. The van der Waals surface area contributed by atoms with Crippen LogP contribution in [0.5, 0.6) is 0 Å². The second-order valence-electron chi connectivity index (χ2n) is 5.57. The van der Waals surface area contributed by atoms with Crippen LogP contribution in [0, 0.1) is 6.92 Å². The molecule has 0 spiro atoms. The van der Waals surface area contributed by atoms with Crippen LogP contribution in [-0.4, -0.2) is 26.9 Å². The first-order valence-corrected chi connectivity index (χ1v) is 8.39. The van der Waals surface area contributed by atoms with Crippen LogP contribution in [0.2, 0.25) is 0 Å². The number of nitrogens with zero attached hydrogens (tertiary/aromatic N) is 3. The van der Waals surface area contributed by atoms with Crippen molar-refractivity contribution in [2.45, 2.75) is 38.8 Å². The molecular weight excluding hydrogens is 298 g/mol. The summed E-state index contributed by atoms with van der Waals surface area (Å²) in [4.78, 5) is 30.2. The lowest BCUT2D eigenvalue weighted by atomic mass is 10.1. The third-order valence-corrected chi connectivity index (χ3v) is 5.07. The Hall–Kier alpha value is -1.95. The summed E-state index contributed by atoms with van der Waals surface area (Å²) in [7, 11) is 0. The Bertz CT molecular complexity index is 708. The summed E-state index contributed by atoms with van der Waals surface area (Å²) in [5.74, 6) is 0.122. The van der Waals surface area contributed by atoms with Gasteiger partial charge in [-0.15, -0.1) is 0 Å². The van der Waals surface area contributed by atoms with E-state index in [0.29, 0.717) is 13.0 Å². The van der Waals surface area contributed by atoms with E-state index in [0.717, 1.165) is 30.6 Å². The highest BCUT2D eigenvalue weighted by Gasteiger charge is 2.29. The number of aryl methyl sites for hydroxylation is 1. The molecule has 1 unspecified atom stereocenters. The number of hydrogen-bond donors (Lipinski definition) is 0. The lowest BCUT2D eigenvalue weighted by molar-refractivity contribution is -0.132. The van der Waals surface area contributed by atoms with Gasteiger partial charge in [0.1, 0.15) is 0 Å². The lowest BCUT2D eigenvalue weighted by Crippen LogP contribution is -2.32. The number of aromatic nitrogens is 2. The Balaban J connectivity index is 1.68. The van der Waals surface area contributed by atoms with E-state index >= 15 is 0 Å². The quantitative estimate of drug-likeness (QED) is 0.870. The van der Waals surface area contributed by atoms with E-state index in [-0.39, 0.29) is 16.8 Å². The molecule has 1 amide bonds. The molecule has 22 heavy (non-hydrogen) atoms. The number of likely N-dealkylation sites (tertiary alicyclic amines) is 1. The second kappa shape index (κ2) is 6.44. The van der Waals surface area contributed by atoms with Gasteiger partial charge in [-0.05, 0) is 37.5 Å². The fraction of sp³-hybridized carbons (Fsp3) is 0.438. The minimum absolute atomic E-state index is 0.0115. The van der Waals surface area contributed by atoms with Crippen molar-refractivity contribution in [3.8, 4) is 0 Å². The summed E-state index contributed by atoms with van der Waals surface area (Å²) < 4.78 is 1.68. The topological polar surface area (TPSA) is 55.2 Å². The molecule has 1 aliphatic heterocycles. The van der Waals surface area contributed by atoms with E-state index in [1.54, 1.807) is 17.0 Å². The number of amides is 1. The zero-order valence-electron chi connectivity index (χ0n) is 12.6. The number of carbonyl (C=O) groups excluding carboxylic acids is 1. The average molecular weight is 317 g/mol. The number of carbonyl (C=O) groups is 1. The molecule has 0 radical (unpaired) electrons. The second-order valence-corrected chi connectivity index (χ2v) is 6.39. The molecule has 3 rings (SSSR count). The van der Waals surface area contributed by atoms with Crippen molar-refractivity contribution >= 4 is 17.2 Å². The van der Waals surface area contributed by atoms with Crippen LogP contribution in [0.25, 0.3) is 0 Å². The molecule has 0 bridgehead atoms. The van der Waals surface area contributed by atoms with Gasteiger partial charge < -0.3 is 9.47 Å². The van der Waals surface area contributed by atoms with Gasteiger partial charge in [0.15, 0.2) is 0 Å². The largest absolute Gasteiger partial charge is 0.336 e. The lowest BCUT2D eigenvalue weighted by Gasteiger charge is -2.25. The summed E-state index contributed by atoms with van der Waals surface area (Å²) >= 11 is 1.19. The van der Waals surface area contributed by atoms with Crippen molar-refractivity contribution in [2.24, 2.45) is 0 Å². The molecule has 0 saturated carbocycles. The van der Waals surface area contributed by atoms with Gasteiger partial charge in [-0.2, -0.15) is 0 Å². The van der Waals surface area contributed by atoms with Crippen LogP contribution >= 0.6 is 11.3 Å². The molecule has 0 aromatic carbocycles. The van der Waals surface area contributed by atoms with E-state index < -0.39 is 0 Å². The van der Waals surface area contributed by atoms with Gasteiger partial charge in [0.25, 0.3) is 0 Å². The van der Waals surface area contributed by atoms with E-state index in [2.05, 4.69) is 4.98 Å². The first kappa shape index (κ1) is 15.0. The Kier molecular flexibility index (Phi) is 4.38. The van der Waals surface area contributed by atoms with Gasteiger partial charge in [0.05, 0.1) is 6.04 Å². The summed E-state index contributed by atoms with van der Waals surface area (Å²) in [6, 6.07) is 4.10. The zero-order valence-corrected chi connectivity index (χ0v) is 13.4. The molecule has 1 aliphatic rings. The van der Waals surface area contributed by atoms with Crippen molar-refractivity contribution in [1.82, 2.24) is 14.5 Å². The summed E-state index contributed by atoms with van der Waals surface area (Å²) in [6.45, 7) is 3.16. The van der Waals surface area contributed by atoms with Gasteiger partial charge in [-0.3, -0.25) is 14.6 Å². The minimum Gasteiger partial charge on any atom is -0.336 e. The van der Waals surface area contributed by atoms with Gasteiger partial charge in [-0.1, -0.05) is 11.3 Å². The number of thiazole rings is 1. The first-order valence-electron chi connectivity index (χ1n) is 7.51. The molecule has 0 N–H and O–H groups in total. The molecule has 1 atom stereocenters. The normalized spacial score (nSPS) is 17.9. The number of rotatable bonds is 4. The Morgan fingerprint density at radius 2 is 2.18 bits per heavy atom. The summed E-state index contributed by atoms with van der Waals surface area (Å²) in [5, 5.41) is 1.84. The van der Waals surface area contributed by atoms with E-state index in [1.807, 2.05) is 29.3 Å². The maximum Gasteiger partial charge on any atom is 0.307 e. The van der Waals surface area contributed by atoms with Crippen molar-refractivity contribution in [3.05, 3.63) is 50.8 Å². The van der Waals surface area contributed by atoms with Crippen LogP contribution in [0.4, 0.5) is 0 Å². The predicted molar refractivity (Wildman–Crippen MR) is 85.9 cm³/mol. The highest BCUT2D eigenvalue weighted by molar-refractivity contribution is 7.07. The zero-order chi connectivity index (χ0) is 15.5. The van der Waals surface area contributed by atoms with Crippen LogP contribution in [-0.2, 0) is 11.3 Å². The van der Waals surface area contributed by atoms with Crippen LogP contribution in [0.3, 0.4) is 0 Å². The molecule has 2 aromatic rings. The van der Waals surface area contributed by atoms with Crippen molar-refractivity contribution < 1.29 is 4.79 Å². The Morgan fingerprint density at radius 3 is 2.86 bits per heavy atom. The summed E-state index contributed by atoms with van der Waals surface area (Å²) in [5.41, 5.74) is 2.07. The SMILES string of the molecule is Cc1csc(=O)n1CCC(=O)N1CCCC1c1ccncc1. The first-order chi connectivity index (χ1) is 10.7. The van der Waals surface area contributed by atoms with Crippen molar-refractivity contribution in [2.75, 3.05) is 6.54 Å². The van der Waals surface area contributed by atoms with E-state index in [1.165, 1.54) is 11.3 Å². The van der Waals surface area contributed by atoms with Crippen LogP contribution in [0.1, 0.15) is 36.6 Å². The molecular formula is C16H19N3O2S. The number of pyridine rings is 1. The van der Waals surface area contributed by atoms with Crippen LogP contribution < -0.4 is 4.87 Å². The maximum absolute atomic E-state index is 12.5. The predicted octanol–water partition coefficient (Wildman–Crippen LogP) is 2.37. The Labute approximate surface area is 133 Å². The van der Waals surface area contributed by atoms with E-state index in [9.17, 15) is 9.59 Å². The molecule has 3 heterocycles. The van der Waals surface area contributed by atoms with Gasteiger partial charge >= 0.3 is 4.87 Å². The highest BCUT2D eigenvalue weighted by Crippen LogP contribution is 2.31. The van der Waals surface area contributed by atoms with E-state index in [4.69, 9.17) is 0 Å². The minimum atomic E-state index is 0.0115. The standard InChI is InChI=1S/C16H19N3O2S/c1-12-11-22-16(21)18(12)10-6-15(20)19-9-2-3-14(19)13-4-7-17-8-5-13/h4-5,7-8,11,14H,2-3,6,9-10H2,1H3. The third kappa shape index (κ3) is 2.97. The third-order valence-electron chi connectivity index (χ3n) is 4.19. The highest BCUT2D eigenvalue weighted by atomic mass is 32.1. The van der Waals surface area contributed by atoms with Gasteiger partial charge in [-0.25, -0.2) is 0 Å². The molecule has 1 fully saturated rings. The Morgan fingerprint density at radius 1 is 1.41 bits per heavy atom. The van der Waals surface area contributed by atoms with Gasteiger partial charge in [0.2, 0.25) is 5.91 Å². The molecule has 116 valence electrons. The van der Waals surface area contributed by atoms with Crippen molar-refractivity contribution in [3.63, 3.8) is 0 Å². The molecule has 5 nitrogen and oxygen atoms in total. The van der Waals surface area contributed by atoms with Crippen LogP contribution in [0.15, 0.2) is 34.7 Å². The number of hydrogen-bond acceptors (Lipinski definition) is 4. The molecule has 0 aliphatic carbocycles. The average Bonchev–Trinajstić information content (AvgIpc) is 3.14.